The molecular formula is C8H14O3. The van der Waals surface area contributed by atoms with E-state index in [-0.39, 0.29) is 12.1 Å². The number of carbonyl (C=O) groups is 1. The summed E-state index contributed by atoms with van der Waals surface area (Å²) < 4.78 is 10.0. The molecule has 0 N–H and O–H groups in total. The zero-order chi connectivity index (χ0) is 8.48. The maximum atomic E-state index is 11.2. The van der Waals surface area contributed by atoms with E-state index in [4.69, 9.17) is 9.47 Å². The fraction of sp³-hybridized carbons (Fsp3) is 0.875. The molecule has 1 aliphatic heterocycles. The van der Waals surface area contributed by atoms with E-state index in [1.54, 1.807) is 0 Å². The van der Waals surface area contributed by atoms with Gasteiger partial charge in [-0.3, -0.25) is 0 Å². The van der Waals surface area contributed by atoms with Crippen molar-refractivity contribution in [2.75, 3.05) is 6.61 Å². The van der Waals surface area contributed by atoms with Crippen LogP contribution in [0.5, 0.6) is 0 Å². The lowest BCUT2D eigenvalue weighted by Crippen LogP contribution is -2.28. The largest absolute Gasteiger partial charge is 0.461 e. The highest BCUT2D eigenvalue weighted by Crippen LogP contribution is 2.32. The van der Waals surface area contributed by atoms with Gasteiger partial charge in [0.15, 0.2) is 5.60 Å². The van der Waals surface area contributed by atoms with Crippen LogP contribution in [0.2, 0.25) is 0 Å². The molecule has 0 bridgehead atoms. The van der Waals surface area contributed by atoms with Gasteiger partial charge in [0.25, 0.3) is 0 Å². The van der Waals surface area contributed by atoms with Crippen molar-refractivity contribution in [1.82, 2.24) is 0 Å². The van der Waals surface area contributed by atoms with Gasteiger partial charge in [0.05, 0.1) is 12.7 Å². The smallest absolute Gasteiger partial charge is 0.341 e. The van der Waals surface area contributed by atoms with E-state index in [2.05, 4.69) is 0 Å². The second-order valence-corrected chi connectivity index (χ2v) is 3.09. The van der Waals surface area contributed by atoms with Gasteiger partial charge in [0.2, 0.25) is 0 Å². The molecule has 0 amide bonds. The molecule has 0 radical (unpaired) electrons. The van der Waals surface area contributed by atoms with Crippen molar-refractivity contribution in [3.8, 4) is 0 Å². The summed E-state index contributed by atoms with van der Waals surface area (Å²) in [6, 6.07) is 0. The van der Waals surface area contributed by atoms with Crippen LogP contribution in [0.3, 0.4) is 0 Å². The topological polar surface area (TPSA) is 38.8 Å². The standard InChI is InChI=1S/C8H14O3/c1-4-8(5-10-8)7(9)11-6(2)3/h6H,4-5H2,1-3H3. The Kier molecular flexibility index (Phi) is 2.18. The zero-order valence-corrected chi connectivity index (χ0v) is 7.22. The van der Waals surface area contributed by atoms with Crippen LogP contribution in [0, 0.1) is 0 Å². The van der Waals surface area contributed by atoms with E-state index in [0.717, 1.165) is 0 Å². The molecule has 0 spiro atoms. The molecule has 1 fully saturated rings. The zero-order valence-electron chi connectivity index (χ0n) is 7.22. The predicted octanol–water partition coefficient (Wildman–Crippen LogP) is 1.12. The van der Waals surface area contributed by atoms with Crippen molar-refractivity contribution in [3.05, 3.63) is 0 Å². The van der Waals surface area contributed by atoms with Gasteiger partial charge in [0, 0.05) is 0 Å². The van der Waals surface area contributed by atoms with Crippen LogP contribution >= 0.6 is 0 Å². The summed E-state index contributed by atoms with van der Waals surface area (Å²) >= 11 is 0. The van der Waals surface area contributed by atoms with E-state index < -0.39 is 5.60 Å². The van der Waals surface area contributed by atoms with E-state index in [1.807, 2.05) is 20.8 Å². The fourth-order valence-corrected chi connectivity index (χ4v) is 0.875. The third-order valence-electron chi connectivity index (χ3n) is 1.78. The minimum absolute atomic E-state index is 0.0462. The molecular weight excluding hydrogens is 144 g/mol. The minimum Gasteiger partial charge on any atom is -0.461 e. The number of ether oxygens (including phenoxy) is 2. The Balaban J connectivity index is 2.41. The van der Waals surface area contributed by atoms with Gasteiger partial charge < -0.3 is 9.47 Å². The monoisotopic (exact) mass is 158 g/mol. The van der Waals surface area contributed by atoms with Crippen LogP contribution in [0.4, 0.5) is 0 Å². The lowest BCUT2D eigenvalue weighted by molar-refractivity contribution is -0.154. The molecule has 0 aromatic rings. The average molecular weight is 158 g/mol. The molecule has 1 aliphatic rings. The van der Waals surface area contributed by atoms with Crippen molar-refractivity contribution >= 4 is 5.97 Å². The second kappa shape index (κ2) is 2.81. The summed E-state index contributed by atoms with van der Waals surface area (Å²) in [6.07, 6.45) is 0.661. The van der Waals surface area contributed by atoms with Crippen molar-refractivity contribution in [3.63, 3.8) is 0 Å². The molecule has 0 aromatic heterocycles. The first kappa shape index (κ1) is 8.53. The third-order valence-corrected chi connectivity index (χ3v) is 1.78. The van der Waals surface area contributed by atoms with Gasteiger partial charge >= 0.3 is 5.97 Å². The molecule has 1 atom stereocenters. The number of hydrogen-bond donors (Lipinski definition) is 0. The third kappa shape index (κ3) is 1.71. The molecule has 0 saturated carbocycles. The van der Waals surface area contributed by atoms with E-state index in [9.17, 15) is 4.79 Å². The quantitative estimate of drug-likeness (QED) is 0.456. The molecule has 0 aliphatic carbocycles. The summed E-state index contributed by atoms with van der Waals surface area (Å²) in [5.74, 6) is -0.213. The summed E-state index contributed by atoms with van der Waals surface area (Å²) in [5, 5.41) is 0. The van der Waals surface area contributed by atoms with Crippen LogP contribution < -0.4 is 0 Å². The predicted molar refractivity (Wildman–Crippen MR) is 40.2 cm³/mol. The van der Waals surface area contributed by atoms with E-state index in [1.165, 1.54) is 0 Å². The molecule has 3 nitrogen and oxygen atoms in total. The summed E-state index contributed by atoms with van der Waals surface area (Å²) in [7, 11) is 0. The Morgan fingerprint density at radius 3 is 2.55 bits per heavy atom. The van der Waals surface area contributed by atoms with E-state index in [0.29, 0.717) is 13.0 Å². The number of esters is 1. The van der Waals surface area contributed by atoms with Gasteiger partial charge in [-0.1, -0.05) is 6.92 Å². The van der Waals surface area contributed by atoms with Crippen molar-refractivity contribution in [1.29, 1.82) is 0 Å². The van der Waals surface area contributed by atoms with Crippen molar-refractivity contribution in [2.45, 2.75) is 38.9 Å². The van der Waals surface area contributed by atoms with Crippen molar-refractivity contribution in [2.24, 2.45) is 0 Å². The van der Waals surface area contributed by atoms with Crippen LogP contribution in [-0.2, 0) is 14.3 Å². The molecule has 1 saturated heterocycles. The van der Waals surface area contributed by atoms with Gasteiger partial charge in [-0.2, -0.15) is 0 Å². The van der Waals surface area contributed by atoms with Crippen LogP contribution in [0.15, 0.2) is 0 Å². The number of rotatable bonds is 3. The first-order valence-electron chi connectivity index (χ1n) is 3.96. The Bertz CT molecular complexity index is 159. The summed E-state index contributed by atoms with van der Waals surface area (Å²) in [6.45, 7) is 6.12. The fourth-order valence-electron chi connectivity index (χ4n) is 0.875. The Morgan fingerprint density at radius 1 is 1.73 bits per heavy atom. The maximum Gasteiger partial charge on any atom is 0.341 e. The second-order valence-electron chi connectivity index (χ2n) is 3.09. The Hall–Kier alpha value is -0.570. The summed E-state index contributed by atoms with van der Waals surface area (Å²) in [5.41, 5.74) is -0.579. The highest BCUT2D eigenvalue weighted by Gasteiger charge is 2.52. The van der Waals surface area contributed by atoms with Crippen LogP contribution in [-0.4, -0.2) is 24.3 Å². The lowest BCUT2D eigenvalue weighted by Gasteiger charge is -2.11. The number of hydrogen-bond acceptors (Lipinski definition) is 3. The number of epoxide rings is 1. The molecule has 0 aromatic carbocycles. The van der Waals surface area contributed by atoms with Crippen LogP contribution in [0.1, 0.15) is 27.2 Å². The highest BCUT2D eigenvalue weighted by molar-refractivity contribution is 5.82. The normalized spacial score (nSPS) is 28.7. The average Bonchev–Trinajstić information content (AvgIpc) is 2.65. The first-order chi connectivity index (χ1) is 5.10. The van der Waals surface area contributed by atoms with Gasteiger partial charge in [-0.25, -0.2) is 4.79 Å². The Labute approximate surface area is 66.7 Å². The molecule has 64 valence electrons. The lowest BCUT2D eigenvalue weighted by atomic mass is 10.1. The molecule has 1 heterocycles. The molecule has 3 heteroatoms. The summed E-state index contributed by atoms with van der Waals surface area (Å²) in [4.78, 5) is 11.2. The minimum atomic E-state index is -0.579. The molecule has 1 unspecified atom stereocenters. The molecule has 11 heavy (non-hydrogen) atoms. The van der Waals surface area contributed by atoms with E-state index >= 15 is 0 Å². The SMILES string of the molecule is CCC1(C(=O)OC(C)C)CO1. The first-order valence-corrected chi connectivity index (χ1v) is 3.96. The highest BCUT2D eigenvalue weighted by atomic mass is 16.6. The van der Waals surface area contributed by atoms with Gasteiger partial charge in [-0.15, -0.1) is 0 Å². The number of carbonyl (C=O) groups excluding carboxylic acids is 1. The molecule has 1 rings (SSSR count). The van der Waals surface area contributed by atoms with Gasteiger partial charge in [0.1, 0.15) is 0 Å². The maximum absolute atomic E-state index is 11.2. The van der Waals surface area contributed by atoms with Gasteiger partial charge in [-0.05, 0) is 20.3 Å². The van der Waals surface area contributed by atoms with Crippen molar-refractivity contribution < 1.29 is 14.3 Å². The Morgan fingerprint density at radius 2 is 2.27 bits per heavy atom. The van der Waals surface area contributed by atoms with Crippen LogP contribution in [0.25, 0.3) is 0 Å².